The van der Waals surface area contributed by atoms with Gasteiger partial charge in [-0.2, -0.15) is 0 Å². The van der Waals surface area contributed by atoms with Gasteiger partial charge in [0.05, 0.1) is 6.61 Å². The molecule has 0 saturated heterocycles. The molecule has 28 heavy (non-hydrogen) atoms. The zero-order valence-electron chi connectivity index (χ0n) is 16.7. The van der Waals surface area contributed by atoms with E-state index in [0.29, 0.717) is 31.6 Å². The lowest BCUT2D eigenvalue weighted by Crippen LogP contribution is -2.30. The minimum atomic E-state index is -0.551. The molecule has 0 aliphatic heterocycles. The molecule has 0 aliphatic carbocycles. The summed E-state index contributed by atoms with van der Waals surface area (Å²) in [6.45, 7) is 3.62. The summed E-state index contributed by atoms with van der Waals surface area (Å²) in [6.07, 6.45) is 6.84. The van der Waals surface area contributed by atoms with E-state index in [1.807, 2.05) is 0 Å². The van der Waals surface area contributed by atoms with Gasteiger partial charge in [0, 0.05) is 18.7 Å². The molecule has 0 spiro atoms. The number of ether oxygens (including phenoxy) is 1. The van der Waals surface area contributed by atoms with E-state index < -0.39 is 5.91 Å². The molecule has 0 radical (unpaired) electrons. The molecule has 0 aromatic rings. The molecule has 0 saturated carbocycles. The van der Waals surface area contributed by atoms with Crippen LogP contribution in [0.4, 0.5) is 0 Å². The standard InChI is InChI=1S/C18H37N7O3/c19-8-6-10-23-9-4-5-11-24-16(26)14-28-13-15(17(20)27)7-2-1-3-12-25-18(21)22/h7,23H,1-6,8-14,19H2,(H2,20,27)(H,24,26)(H4,21,22,25). The molecule has 0 unspecified atom stereocenters. The van der Waals surface area contributed by atoms with Gasteiger partial charge in [-0.3, -0.25) is 15.0 Å². The van der Waals surface area contributed by atoms with Crippen LogP contribution in [0.5, 0.6) is 0 Å². The molecule has 0 aliphatic rings. The van der Waals surface area contributed by atoms with Crippen molar-refractivity contribution in [2.24, 2.45) is 17.2 Å². The van der Waals surface area contributed by atoms with E-state index in [2.05, 4.69) is 16.0 Å². The minimum Gasteiger partial charge on any atom is -0.370 e. The highest BCUT2D eigenvalue weighted by atomic mass is 16.5. The molecule has 0 fully saturated rings. The van der Waals surface area contributed by atoms with Crippen LogP contribution in [0.2, 0.25) is 0 Å². The number of nitrogens with one attached hydrogen (secondary N) is 4. The second kappa shape index (κ2) is 18.2. The summed E-state index contributed by atoms with van der Waals surface area (Å²) in [5, 5.41) is 15.8. The average molecular weight is 400 g/mol. The molecule has 0 atom stereocenters. The Morgan fingerprint density at radius 2 is 1.54 bits per heavy atom. The highest BCUT2D eigenvalue weighted by molar-refractivity contribution is 5.92. The second-order valence-electron chi connectivity index (χ2n) is 6.37. The lowest BCUT2D eigenvalue weighted by molar-refractivity contribution is -0.126. The van der Waals surface area contributed by atoms with Crippen molar-refractivity contribution in [3.8, 4) is 0 Å². The maximum atomic E-state index is 11.7. The van der Waals surface area contributed by atoms with Crippen molar-refractivity contribution in [1.29, 1.82) is 5.41 Å². The Hall–Kier alpha value is -2.17. The van der Waals surface area contributed by atoms with Crippen LogP contribution in [0.3, 0.4) is 0 Å². The fourth-order valence-electron chi connectivity index (χ4n) is 2.26. The number of hydrogen-bond acceptors (Lipinski definition) is 6. The third kappa shape index (κ3) is 17.3. The highest BCUT2D eigenvalue weighted by Gasteiger charge is 2.07. The van der Waals surface area contributed by atoms with E-state index in [-0.39, 0.29) is 25.1 Å². The van der Waals surface area contributed by atoms with E-state index in [1.165, 1.54) is 0 Å². The number of guanidine groups is 1. The SMILES string of the molecule is N=C(N)NCCCCC=C(COCC(=O)NCCCCNCCCN)C(N)=O. The van der Waals surface area contributed by atoms with Crippen LogP contribution in [-0.4, -0.2) is 63.7 Å². The maximum Gasteiger partial charge on any atom is 0.246 e. The Morgan fingerprint density at radius 3 is 2.21 bits per heavy atom. The summed E-state index contributed by atoms with van der Waals surface area (Å²) in [5.41, 5.74) is 16.3. The average Bonchev–Trinajstić information content (AvgIpc) is 2.64. The van der Waals surface area contributed by atoms with Gasteiger partial charge in [0.15, 0.2) is 5.96 Å². The van der Waals surface area contributed by atoms with Gasteiger partial charge in [-0.05, 0) is 58.2 Å². The Balaban J connectivity index is 3.78. The van der Waals surface area contributed by atoms with Crippen LogP contribution in [0, 0.1) is 5.41 Å². The molecular formula is C18H37N7O3. The molecular weight excluding hydrogens is 362 g/mol. The normalized spacial score (nSPS) is 11.2. The summed E-state index contributed by atoms with van der Waals surface area (Å²) in [6, 6.07) is 0. The van der Waals surface area contributed by atoms with Gasteiger partial charge in [-0.15, -0.1) is 0 Å². The van der Waals surface area contributed by atoms with Gasteiger partial charge in [-0.1, -0.05) is 6.08 Å². The van der Waals surface area contributed by atoms with Gasteiger partial charge in [0.2, 0.25) is 11.8 Å². The Bertz CT molecular complexity index is 484. The molecule has 2 amide bonds. The van der Waals surface area contributed by atoms with Crippen molar-refractivity contribution in [3.05, 3.63) is 11.6 Å². The van der Waals surface area contributed by atoms with Crippen molar-refractivity contribution < 1.29 is 14.3 Å². The van der Waals surface area contributed by atoms with Crippen LogP contribution < -0.4 is 33.2 Å². The fraction of sp³-hybridized carbons (Fsp3) is 0.722. The van der Waals surface area contributed by atoms with E-state index in [9.17, 15) is 9.59 Å². The van der Waals surface area contributed by atoms with Crippen molar-refractivity contribution in [2.45, 2.75) is 38.5 Å². The maximum absolute atomic E-state index is 11.7. The molecule has 10 heteroatoms. The first-order chi connectivity index (χ1) is 13.5. The molecule has 0 bridgehead atoms. The first-order valence-corrected chi connectivity index (χ1v) is 9.79. The number of primary amides is 1. The zero-order valence-corrected chi connectivity index (χ0v) is 16.7. The quantitative estimate of drug-likeness (QED) is 0.0660. The number of allylic oxidation sites excluding steroid dienone is 1. The molecule has 162 valence electrons. The highest BCUT2D eigenvalue weighted by Crippen LogP contribution is 2.02. The lowest BCUT2D eigenvalue weighted by Gasteiger charge is -2.08. The predicted octanol–water partition coefficient (Wildman–Crippen LogP) is -1.10. The number of carbonyl (C=O) groups excluding carboxylic acids is 2. The van der Waals surface area contributed by atoms with Gasteiger partial charge in [0.25, 0.3) is 0 Å². The van der Waals surface area contributed by atoms with Crippen LogP contribution in [0.15, 0.2) is 11.6 Å². The molecule has 10 N–H and O–H groups in total. The van der Waals surface area contributed by atoms with Gasteiger partial charge in [-0.25, -0.2) is 0 Å². The lowest BCUT2D eigenvalue weighted by atomic mass is 10.1. The third-order valence-electron chi connectivity index (χ3n) is 3.80. The van der Waals surface area contributed by atoms with E-state index in [0.717, 1.165) is 45.2 Å². The fourth-order valence-corrected chi connectivity index (χ4v) is 2.26. The number of nitrogens with two attached hydrogens (primary N) is 3. The largest absolute Gasteiger partial charge is 0.370 e. The number of rotatable bonds is 18. The number of unbranched alkanes of at least 4 members (excludes halogenated alkanes) is 3. The Morgan fingerprint density at radius 1 is 0.893 bits per heavy atom. The molecule has 0 rings (SSSR count). The molecule has 10 nitrogen and oxygen atoms in total. The summed E-state index contributed by atoms with van der Waals surface area (Å²) >= 11 is 0. The number of amides is 2. The first kappa shape index (κ1) is 25.8. The topological polar surface area (TPSA) is 181 Å². The summed E-state index contributed by atoms with van der Waals surface area (Å²) in [7, 11) is 0. The van der Waals surface area contributed by atoms with Gasteiger partial charge >= 0.3 is 0 Å². The number of carbonyl (C=O) groups is 2. The molecule has 0 aromatic carbocycles. The monoisotopic (exact) mass is 399 g/mol. The molecule has 0 aromatic heterocycles. The van der Waals surface area contributed by atoms with Crippen molar-refractivity contribution >= 4 is 17.8 Å². The second-order valence-corrected chi connectivity index (χ2v) is 6.37. The zero-order chi connectivity index (χ0) is 21.0. The van der Waals surface area contributed by atoms with Crippen LogP contribution >= 0.6 is 0 Å². The molecule has 0 heterocycles. The summed E-state index contributed by atoms with van der Waals surface area (Å²) in [4.78, 5) is 23.1. The van der Waals surface area contributed by atoms with E-state index >= 15 is 0 Å². The van der Waals surface area contributed by atoms with Gasteiger partial charge < -0.3 is 37.9 Å². The smallest absolute Gasteiger partial charge is 0.246 e. The van der Waals surface area contributed by atoms with Gasteiger partial charge in [0.1, 0.15) is 6.61 Å². The first-order valence-electron chi connectivity index (χ1n) is 9.79. The minimum absolute atomic E-state index is 0.0134. The Kier molecular flexibility index (Phi) is 16.8. The van der Waals surface area contributed by atoms with E-state index in [1.54, 1.807) is 6.08 Å². The van der Waals surface area contributed by atoms with E-state index in [4.69, 9.17) is 27.3 Å². The third-order valence-corrected chi connectivity index (χ3v) is 3.80. The van der Waals surface area contributed by atoms with Crippen LogP contribution in [0.25, 0.3) is 0 Å². The Labute approximate surface area is 167 Å². The van der Waals surface area contributed by atoms with Crippen molar-refractivity contribution in [3.63, 3.8) is 0 Å². The van der Waals surface area contributed by atoms with Crippen LogP contribution in [-0.2, 0) is 14.3 Å². The summed E-state index contributed by atoms with van der Waals surface area (Å²) < 4.78 is 5.29. The van der Waals surface area contributed by atoms with Crippen molar-refractivity contribution in [1.82, 2.24) is 16.0 Å². The number of hydrogen-bond donors (Lipinski definition) is 7. The predicted molar refractivity (Wildman–Crippen MR) is 111 cm³/mol. The van der Waals surface area contributed by atoms with Crippen LogP contribution in [0.1, 0.15) is 38.5 Å². The van der Waals surface area contributed by atoms with Crippen molar-refractivity contribution in [2.75, 3.05) is 45.9 Å². The summed E-state index contributed by atoms with van der Waals surface area (Å²) in [5.74, 6) is -0.821.